The number of halogens is 4. The van der Waals surface area contributed by atoms with Gasteiger partial charge in [-0.25, -0.2) is 4.39 Å². The van der Waals surface area contributed by atoms with E-state index in [0.29, 0.717) is 27.4 Å². The molecule has 0 amide bonds. The van der Waals surface area contributed by atoms with Crippen LogP contribution in [0.5, 0.6) is 0 Å². The summed E-state index contributed by atoms with van der Waals surface area (Å²) in [5.41, 5.74) is 0.539. The number of hydrogen-bond donors (Lipinski definition) is 0. The van der Waals surface area contributed by atoms with Gasteiger partial charge in [0.1, 0.15) is 5.82 Å². The first-order valence-corrected chi connectivity index (χ1v) is 5.05. The zero-order valence-electron chi connectivity index (χ0n) is 6.08. The van der Waals surface area contributed by atoms with Gasteiger partial charge in [0, 0.05) is 15.9 Å². The average molecular weight is 272 g/mol. The second kappa shape index (κ2) is 4.45. The lowest BCUT2D eigenvalue weighted by molar-refractivity contribution is 0.611. The Balaban J connectivity index is 3.14. The molecule has 0 bridgehead atoms. The first-order valence-electron chi connectivity index (χ1n) is 3.35. The van der Waals surface area contributed by atoms with Crippen LogP contribution in [0.15, 0.2) is 16.6 Å². The van der Waals surface area contributed by atoms with E-state index in [-0.39, 0.29) is 5.82 Å². The molecule has 4 heteroatoms. The average Bonchev–Trinajstić information content (AvgIpc) is 2.06. The molecule has 0 nitrogen and oxygen atoms in total. The monoisotopic (exact) mass is 270 g/mol. The minimum Gasteiger partial charge on any atom is -0.207 e. The first kappa shape index (κ1) is 10.3. The molecular formula is C8H6BrCl2F. The molecule has 0 aliphatic rings. The molecule has 0 spiro atoms. The fourth-order valence-corrected chi connectivity index (χ4v) is 1.78. The third kappa shape index (κ3) is 2.12. The van der Waals surface area contributed by atoms with Crippen LogP contribution >= 0.6 is 39.1 Å². The summed E-state index contributed by atoms with van der Waals surface area (Å²) in [4.78, 5) is 0. The van der Waals surface area contributed by atoms with Gasteiger partial charge in [0.2, 0.25) is 0 Å². The standard InChI is InChI=1S/C8H6BrCl2F/c9-8-5(3-4-10)7(12)2-1-6(8)11/h1-2H,3-4H2. The Morgan fingerprint density at radius 1 is 1.42 bits per heavy atom. The maximum absolute atomic E-state index is 13.1. The zero-order valence-corrected chi connectivity index (χ0v) is 9.18. The van der Waals surface area contributed by atoms with Gasteiger partial charge >= 0.3 is 0 Å². The molecule has 0 aliphatic heterocycles. The van der Waals surface area contributed by atoms with Crippen molar-refractivity contribution in [2.45, 2.75) is 6.42 Å². The van der Waals surface area contributed by atoms with Crippen LogP contribution in [0.2, 0.25) is 5.02 Å². The highest BCUT2D eigenvalue weighted by Gasteiger charge is 2.08. The van der Waals surface area contributed by atoms with Crippen LogP contribution in [0.3, 0.4) is 0 Å². The summed E-state index contributed by atoms with van der Waals surface area (Å²) in [6.45, 7) is 0. The van der Waals surface area contributed by atoms with E-state index < -0.39 is 0 Å². The highest BCUT2D eigenvalue weighted by molar-refractivity contribution is 9.10. The van der Waals surface area contributed by atoms with Gasteiger partial charge in [0.05, 0.1) is 5.02 Å². The fourth-order valence-electron chi connectivity index (χ4n) is 0.893. The van der Waals surface area contributed by atoms with Crippen molar-refractivity contribution in [3.8, 4) is 0 Å². The first-order chi connectivity index (χ1) is 5.66. The third-order valence-corrected chi connectivity index (χ3v) is 3.12. The molecular weight excluding hydrogens is 266 g/mol. The smallest absolute Gasteiger partial charge is 0.127 e. The Morgan fingerprint density at radius 3 is 2.67 bits per heavy atom. The van der Waals surface area contributed by atoms with E-state index in [1.165, 1.54) is 12.1 Å². The maximum Gasteiger partial charge on any atom is 0.127 e. The Hall–Kier alpha value is 0.210. The van der Waals surface area contributed by atoms with E-state index in [1.807, 2.05) is 0 Å². The molecule has 0 unspecified atom stereocenters. The van der Waals surface area contributed by atoms with Crippen LogP contribution in [0.1, 0.15) is 5.56 Å². The summed E-state index contributed by atoms with van der Waals surface area (Å²) in [6.07, 6.45) is 0.481. The lowest BCUT2D eigenvalue weighted by Crippen LogP contribution is -1.93. The van der Waals surface area contributed by atoms with E-state index >= 15 is 0 Å². The van der Waals surface area contributed by atoms with Gasteiger partial charge in [-0.05, 0) is 34.5 Å². The second-order valence-electron chi connectivity index (χ2n) is 2.26. The van der Waals surface area contributed by atoms with Crippen LogP contribution in [0.25, 0.3) is 0 Å². The Kier molecular flexibility index (Phi) is 3.81. The van der Waals surface area contributed by atoms with Crippen LogP contribution in [-0.4, -0.2) is 5.88 Å². The predicted molar refractivity (Wildman–Crippen MR) is 53.5 cm³/mol. The molecule has 0 fully saturated rings. The maximum atomic E-state index is 13.1. The fraction of sp³-hybridized carbons (Fsp3) is 0.250. The highest BCUT2D eigenvalue weighted by Crippen LogP contribution is 2.28. The normalized spacial score (nSPS) is 10.3. The van der Waals surface area contributed by atoms with E-state index in [2.05, 4.69) is 15.9 Å². The van der Waals surface area contributed by atoms with Crippen LogP contribution in [0.4, 0.5) is 4.39 Å². The van der Waals surface area contributed by atoms with Crippen molar-refractivity contribution >= 4 is 39.1 Å². The summed E-state index contributed by atoms with van der Waals surface area (Å²) >= 11 is 14.5. The molecule has 0 saturated heterocycles. The molecule has 0 aromatic heterocycles. The molecule has 12 heavy (non-hydrogen) atoms. The summed E-state index contributed by atoms with van der Waals surface area (Å²) in [5, 5.41) is 0.511. The van der Waals surface area contributed by atoms with Crippen molar-refractivity contribution in [1.29, 1.82) is 0 Å². The van der Waals surface area contributed by atoms with Crippen molar-refractivity contribution in [3.05, 3.63) is 33.0 Å². The lowest BCUT2D eigenvalue weighted by Gasteiger charge is -2.04. The molecule has 1 aromatic rings. The number of benzene rings is 1. The molecule has 0 aliphatic carbocycles. The zero-order chi connectivity index (χ0) is 9.14. The van der Waals surface area contributed by atoms with Crippen LogP contribution in [-0.2, 0) is 6.42 Å². The van der Waals surface area contributed by atoms with Gasteiger partial charge < -0.3 is 0 Å². The van der Waals surface area contributed by atoms with Crippen LogP contribution < -0.4 is 0 Å². The molecule has 66 valence electrons. The Bertz CT molecular complexity index is 289. The summed E-state index contributed by atoms with van der Waals surface area (Å²) in [6, 6.07) is 2.85. The molecule has 0 saturated carbocycles. The summed E-state index contributed by atoms with van der Waals surface area (Å²) in [5.74, 6) is 0.113. The third-order valence-electron chi connectivity index (χ3n) is 1.48. The highest BCUT2D eigenvalue weighted by atomic mass is 79.9. The van der Waals surface area contributed by atoms with E-state index in [1.54, 1.807) is 0 Å². The largest absolute Gasteiger partial charge is 0.207 e. The van der Waals surface area contributed by atoms with E-state index in [0.717, 1.165) is 0 Å². The van der Waals surface area contributed by atoms with Gasteiger partial charge in [-0.3, -0.25) is 0 Å². The van der Waals surface area contributed by atoms with Crippen molar-refractivity contribution < 1.29 is 4.39 Å². The molecule has 0 radical (unpaired) electrons. The molecule has 0 atom stereocenters. The molecule has 1 aromatic carbocycles. The van der Waals surface area contributed by atoms with E-state index in [4.69, 9.17) is 23.2 Å². The van der Waals surface area contributed by atoms with Gasteiger partial charge in [0.15, 0.2) is 0 Å². The van der Waals surface area contributed by atoms with Gasteiger partial charge in [0.25, 0.3) is 0 Å². The van der Waals surface area contributed by atoms with Gasteiger partial charge in [-0.15, -0.1) is 11.6 Å². The number of alkyl halides is 1. The van der Waals surface area contributed by atoms with Crippen molar-refractivity contribution in [3.63, 3.8) is 0 Å². The second-order valence-corrected chi connectivity index (χ2v) is 3.84. The summed E-state index contributed by atoms with van der Waals surface area (Å²) in [7, 11) is 0. The number of hydrogen-bond acceptors (Lipinski definition) is 0. The lowest BCUT2D eigenvalue weighted by atomic mass is 10.1. The van der Waals surface area contributed by atoms with Crippen molar-refractivity contribution in [2.24, 2.45) is 0 Å². The predicted octanol–water partition coefficient (Wildman–Crippen LogP) is 4.02. The summed E-state index contributed by atoms with van der Waals surface area (Å²) < 4.78 is 13.7. The molecule has 0 heterocycles. The Morgan fingerprint density at radius 2 is 2.08 bits per heavy atom. The Labute approximate surface area is 88.8 Å². The molecule has 1 rings (SSSR count). The molecule has 0 N–H and O–H groups in total. The quantitative estimate of drug-likeness (QED) is 0.563. The minimum atomic E-state index is -0.271. The SMILES string of the molecule is Fc1ccc(Cl)c(Br)c1CCCl. The van der Waals surface area contributed by atoms with E-state index in [9.17, 15) is 4.39 Å². The van der Waals surface area contributed by atoms with Crippen LogP contribution in [0, 0.1) is 5.82 Å². The van der Waals surface area contributed by atoms with Gasteiger partial charge in [-0.1, -0.05) is 11.6 Å². The topological polar surface area (TPSA) is 0 Å². The van der Waals surface area contributed by atoms with Crippen molar-refractivity contribution in [1.82, 2.24) is 0 Å². The van der Waals surface area contributed by atoms with Crippen molar-refractivity contribution in [2.75, 3.05) is 5.88 Å². The number of rotatable bonds is 2. The minimum absolute atomic E-state index is 0.271. The van der Waals surface area contributed by atoms with Gasteiger partial charge in [-0.2, -0.15) is 0 Å².